The molecule has 2 fully saturated rings. The molecule has 1 aliphatic heterocycles. The Hall–Kier alpha value is -2.12. The van der Waals surface area contributed by atoms with E-state index in [0.717, 1.165) is 44.2 Å². The van der Waals surface area contributed by atoms with E-state index >= 15 is 0 Å². The minimum Gasteiger partial charge on any atom is -0.393 e. The third-order valence-corrected chi connectivity index (χ3v) is 5.59. The second-order valence-corrected chi connectivity index (χ2v) is 7.43. The van der Waals surface area contributed by atoms with Crippen molar-refractivity contribution in [3.8, 4) is 0 Å². The van der Waals surface area contributed by atoms with E-state index in [0.29, 0.717) is 30.1 Å². The molecule has 1 atom stereocenters. The smallest absolute Gasteiger partial charge is 0.326 e. The highest BCUT2D eigenvalue weighted by Gasteiger charge is 2.24. The van der Waals surface area contributed by atoms with E-state index in [9.17, 15) is 14.7 Å². The Balaban J connectivity index is 1.52. The Morgan fingerprint density at radius 1 is 1.27 bits per heavy atom. The fourth-order valence-corrected chi connectivity index (χ4v) is 4.03. The number of hydrogen-bond donors (Lipinski definition) is 3. The predicted molar refractivity (Wildman–Crippen MR) is 97.3 cm³/mol. The second-order valence-electron chi connectivity index (χ2n) is 7.43. The molecule has 2 aliphatic rings. The average Bonchev–Trinajstić information content (AvgIpc) is 3.27. The second kappa shape index (κ2) is 7.25. The maximum absolute atomic E-state index is 12.4. The van der Waals surface area contributed by atoms with Gasteiger partial charge in [-0.2, -0.15) is 0 Å². The zero-order valence-corrected chi connectivity index (χ0v) is 14.7. The van der Waals surface area contributed by atoms with Crippen LogP contribution in [0.1, 0.15) is 48.5 Å². The molecule has 0 spiro atoms. The summed E-state index contributed by atoms with van der Waals surface area (Å²) in [7, 11) is 0. The number of aliphatic hydroxyl groups excluding tert-OH is 1. The van der Waals surface area contributed by atoms with Gasteiger partial charge in [-0.3, -0.25) is 9.36 Å². The van der Waals surface area contributed by atoms with Gasteiger partial charge in [-0.1, -0.05) is 0 Å². The third kappa shape index (κ3) is 3.41. The summed E-state index contributed by atoms with van der Waals surface area (Å²) in [6.45, 7) is 2.07. The summed E-state index contributed by atoms with van der Waals surface area (Å²) < 4.78 is 7.10. The monoisotopic (exact) mass is 359 g/mol. The molecular formula is C19H25N3O4. The van der Waals surface area contributed by atoms with E-state index in [1.54, 1.807) is 16.7 Å². The lowest BCUT2D eigenvalue weighted by Crippen LogP contribution is -2.29. The minimum atomic E-state index is -0.257. The van der Waals surface area contributed by atoms with Crippen LogP contribution in [0, 0.1) is 5.92 Å². The number of fused-ring (bicyclic) bond motifs is 1. The van der Waals surface area contributed by atoms with Crippen LogP contribution in [0.4, 0.5) is 0 Å². The fraction of sp³-hybridized carbons (Fsp3) is 0.579. The Bertz CT molecular complexity index is 842. The molecule has 0 bridgehead atoms. The number of amides is 1. The van der Waals surface area contributed by atoms with Gasteiger partial charge in [-0.15, -0.1) is 0 Å². The Labute approximate surface area is 151 Å². The first-order valence-corrected chi connectivity index (χ1v) is 9.40. The highest BCUT2D eigenvalue weighted by Crippen LogP contribution is 2.29. The van der Waals surface area contributed by atoms with Crippen molar-refractivity contribution in [3.63, 3.8) is 0 Å². The lowest BCUT2D eigenvalue weighted by molar-refractivity contribution is 0.0945. The molecule has 7 nitrogen and oxygen atoms in total. The molecule has 0 radical (unpaired) electrons. The first kappa shape index (κ1) is 17.3. The normalized spacial score (nSPS) is 26.3. The van der Waals surface area contributed by atoms with Gasteiger partial charge in [0.15, 0.2) is 0 Å². The summed E-state index contributed by atoms with van der Waals surface area (Å²) in [4.78, 5) is 27.7. The van der Waals surface area contributed by atoms with E-state index in [1.807, 2.05) is 6.07 Å². The summed E-state index contributed by atoms with van der Waals surface area (Å²) in [5, 5.41) is 12.6. The first-order chi connectivity index (χ1) is 12.6. The molecular weight excluding hydrogens is 334 g/mol. The van der Waals surface area contributed by atoms with Crippen molar-refractivity contribution >= 4 is 16.9 Å². The molecule has 140 valence electrons. The predicted octanol–water partition coefficient (Wildman–Crippen LogP) is 1.57. The first-order valence-electron chi connectivity index (χ1n) is 9.40. The largest absolute Gasteiger partial charge is 0.393 e. The number of imidazole rings is 1. The molecule has 2 heterocycles. The van der Waals surface area contributed by atoms with Crippen molar-refractivity contribution < 1.29 is 14.6 Å². The number of ether oxygens (including phenoxy) is 1. The van der Waals surface area contributed by atoms with Crippen LogP contribution in [0.3, 0.4) is 0 Å². The highest BCUT2D eigenvalue weighted by molar-refractivity contribution is 5.97. The zero-order valence-electron chi connectivity index (χ0n) is 14.7. The number of nitrogens with zero attached hydrogens (tertiary/aromatic N) is 1. The number of aromatic nitrogens is 2. The number of aliphatic hydroxyl groups is 1. The summed E-state index contributed by atoms with van der Waals surface area (Å²) >= 11 is 0. The van der Waals surface area contributed by atoms with Gasteiger partial charge < -0.3 is 20.1 Å². The maximum Gasteiger partial charge on any atom is 0.326 e. The Morgan fingerprint density at radius 3 is 2.81 bits per heavy atom. The number of carbonyl (C=O) groups excluding carboxylic acids is 1. The number of rotatable bonds is 4. The molecule has 4 rings (SSSR count). The van der Waals surface area contributed by atoms with E-state index in [4.69, 9.17) is 4.74 Å². The third-order valence-electron chi connectivity index (χ3n) is 5.59. The lowest BCUT2D eigenvalue weighted by atomic mass is 9.93. The van der Waals surface area contributed by atoms with Crippen LogP contribution in [0.15, 0.2) is 23.0 Å². The fourth-order valence-electron chi connectivity index (χ4n) is 4.03. The molecule has 1 aliphatic carbocycles. The van der Waals surface area contributed by atoms with Gasteiger partial charge in [0.2, 0.25) is 0 Å². The summed E-state index contributed by atoms with van der Waals surface area (Å²) in [5.41, 5.74) is 1.89. The van der Waals surface area contributed by atoms with E-state index in [1.165, 1.54) is 0 Å². The molecule has 1 amide bonds. The van der Waals surface area contributed by atoms with Crippen LogP contribution in [0.5, 0.6) is 0 Å². The molecule has 3 N–H and O–H groups in total. The van der Waals surface area contributed by atoms with Gasteiger partial charge >= 0.3 is 5.69 Å². The summed E-state index contributed by atoms with van der Waals surface area (Å²) in [6, 6.07) is 5.45. The zero-order chi connectivity index (χ0) is 18.1. The van der Waals surface area contributed by atoms with Crippen molar-refractivity contribution in [2.45, 2.75) is 44.2 Å². The maximum atomic E-state index is 12.4. The van der Waals surface area contributed by atoms with Crippen molar-refractivity contribution in [1.82, 2.24) is 14.9 Å². The van der Waals surface area contributed by atoms with Crippen LogP contribution in [-0.2, 0) is 4.74 Å². The molecule has 0 unspecified atom stereocenters. The quantitative estimate of drug-likeness (QED) is 0.772. The average molecular weight is 359 g/mol. The molecule has 1 saturated carbocycles. The van der Waals surface area contributed by atoms with Gasteiger partial charge in [-0.25, -0.2) is 4.79 Å². The summed E-state index contributed by atoms with van der Waals surface area (Å²) in [5.74, 6) is 0.249. The van der Waals surface area contributed by atoms with Crippen molar-refractivity contribution in [3.05, 3.63) is 34.2 Å². The number of aromatic amines is 1. The van der Waals surface area contributed by atoms with Gasteiger partial charge in [-0.05, 0) is 50.3 Å². The standard InChI is InChI=1S/C19H25N3O4/c23-15-4-2-14(3-5-15)22-17-6-1-13(9-16(17)21-19(22)25)18(24)20-10-12-7-8-26-11-12/h1,6,9,12,14-15,23H,2-5,7-8,10-11H2,(H,20,24)(H,21,25)/t12-,14?,15?/m1/s1. The lowest BCUT2D eigenvalue weighted by Gasteiger charge is -2.26. The van der Waals surface area contributed by atoms with E-state index < -0.39 is 0 Å². The van der Waals surface area contributed by atoms with Crippen LogP contribution in [0.25, 0.3) is 11.0 Å². The SMILES string of the molecule is O=C(NC[C@H]1CCOC1)c1ccc2c(c1)[nH]c(=O)n2C1CCC(O)CC1. The van der Waals surface area contributed by atoms with Gasteiger partial charge in [0.05, 0.1) is 23.7 Å². The number of benzene rings is 1. The molecule has 26 heavy (non-hydrogen) atoms. The van der Waals surface area contributed by atoms with Crippen LogP contribution in [0.2, 0.25) is 0 Å². The number of nitrogens with one attached hydrogen (secondary N) is 2. The van der Waals surface area contributed by atoms with Gasteiger partial charge in [0.1, 0.15) is 0 Å². The van der Waals surface area contributed by atoms with Crippen molar-refractivity contribution in [1.29, 1.82) is 0 Å². The van der Waals surface area contributed by atoms with Crippen molar-refractivity contribution in [2.75, 3.05) is 19.8 Å². The topological polar surface area (TPSA) is 96.4 Å². The van der Waals surface area contributed by atoms with Crippen LogP contribution in [-0.4, -0.2) is 46.4 Å². The molecule has 7 heteroatoms. The van der Waals surface area contributed by atoms with E-state index in [2.05, 4.69) is 10.3 Å². The number of carbonyl (C=O) groups is 1. The van der Waals surface area contributed by atoms with Crippen LogP contribution >= 0.6 is 0 Å². The minimum absolute atomic E-state index is 0.0988. The Kier molecular flexibility index (Phi) is 4.82. The molecule has 1 saturated heterocycles. The highest BCUT2D eigenvalue weighted by atomic mass is 16.5. The van der Waals surface area contributed by atoms with Crippen LogP contribution < -0.4 is 11.0 Å². The number of H-pyrrole nitrogens is 1. The van der Waals surface area contributed by atoms with Gasteiger partial charge in [0, 0.05) is 30.7 Å². The Morgan fingerprint density at radius 2 is 2.08 bits per heavy atom. The molecule has 2 aromatic rings. The molecule has 1 aromatic carbocycles. The molecule has 1 aromatic heterocycles. The van der Waals surface area contributed by atoms with Gasteiger partial charge in [0.25, 0.3) is 5.91 Å². The number of hydrogen-bond acceptors (Lipinski definition) is 4. The van der Waals surface area contributed by atoms with Crippen molar-refractivity contribution in [2.24, 2.45) is 5.92 Å². The van der Waals surface area contributed by atoms with E-state index in [-0.39, 0.29) is 23.7 Å². The summed E-state index contributed by atoms with van der Waals surface area (Å²) in [6.07, 6.45) is 3.74.